The fourth-order valence-electron chi connectivity index (χ4n) is 1.54. The number of aromatic hydroxyl groups is 1. The first-order valence-electron chi connectivity index (χ1n) is 5.76. The first-order chi connectivity index (χ1) is 9.16. The van der Waals surface area contributed by atoms with Crippen molar-refractivity contribution in [2.45, 2.75) is 6.92 Å². The Hall–Kier alpha value is -2.62. The minimum atomic E-state index is -0.538. The molecule has 2 aromatic rings. The number of carbonyl (C=O) groups is 1. The Morgan fingerprint density at radius 2 is 1.95 bits per heavy atom. The Balaban J connectivity index is 2.04. The molecule has 2 aromatic carbocycles. The summed E-state index contributed by atoms with van der Waals surface area (Å²) in [5.74, 6) is -0.450. The number of phenolic OH excluding ortho intramolecular Hbond substituents is 1. The van der Waals surface area contributed by atoms with Crippen LogP contribution in [-0.2, 0) is 4.84 Å². The first-order valence-corrected chi connectivity index (χ1v) is 5.76. The third-order valence-electron chi connectivity index (χ3n) is 2.52. The lowest BCUT2D eigenvalue weighted by Gasteiger charge is -2.00. The van der Waals surface area contributed by atoms with Gasteiger partial charge in [0.1, 0.15) is 5.75 Å². The van der Waals surface area contributed by atoms with E-state index in [1.165, 1.54) is 6.21 Å². The number of carbonyl (C=O) groups excluding carboxylic acids is 1. The van der Waals surface area contributed by atoms with E-state index >= 15 is 0 Å². The van der Waals surface area contributed by atoms with Crippen molar-refractivity contribution in [2.75, 3.05) is 0 Å². The normalized spacial score (nSPS) is 10.6. The van der Waals surface area contributed by atoms with Gasteiger partial charge in [0.15, 0.2) is 0 Å². The second-order valence-corrected chi connectivity index (χ2v) is 4.04. The highest BCUT2D eigenvalue weighted by Gasteiger charge is 2.05. The minimum absolute atomic E-state index is 0.0881. The van der Waals surface area contributed by atoms with Crippen molar-refractivity contribution in [1.29, 1.82) is 0 Å². The topological polar surface area (TPSA) is 58.9 Å². The van der Waals surface area contributed by atoms with Crippen LogP contribution in [0.5, 0.6) is 5.75 Å². The monoisotopic (exact) mass is 255 g/mol. The van der Waals surface area contributed by atoms with Crippen LogP contribution in [0.25, 0.3) is 0 Å². The lowest BCUT2D eigenvalue weighted by Crippen LogP contribution is -2.00. The molecule has 96 valence electrons. The van der Waals surface area contributed by atoms with E-state index in [-0.39, 0.29) is 5.75 Å². The first kappa shape index (κ1) is 12.8. The zero-order valence-corrected chi connectivity index (χ0v) is 10.4. The lowest BCUT2D eigenvalue weighted by molar-refractivity contribution is 0.0519. The molecule has 0 fully saturated rings. The smallest absolute Gasteiger partial charge is 0.365 e. The van der Waals surface area contributed by atoms with Gasteiger partial charge in [-0.3, -0.25) is 0 Å². The number of nitrogens with zero attached hydrogens (tertiary/aromatic N) is 1. The molecule has 19 heavy (non-hydrogen) atoms. The van der Waals surface area contributed by atoms with Gasteiger partial charge in [-0.1, -0.05) is 35.0 Å². The van der Waals surface area contributed by atoms with Gasteiger partial charge in [-0.25, -0.2) is 4.79 Å². The molecule has 0 atom stereocenters. The van der Waals surface area contributed by atoms with Gasteiger partial charge in [-0.05, 0) is 31.2 Å². The third-order valence-corrected chi connectivity index (χ3v) is 2.52. The maximum atomic E-state index is 11.6. The zero-order valence-electron chi connectivity index (χ0n) is 10.4. The fourth-order valence-corrected chi connectivity index (χ4v) is 1.54. The summed E-state index contributed by atoms with van der Waals surface area (Å²) in [6.07, 6.45) is 1.31. The second kappa shape index (κ2) is 5.82. The summed E-state index contributed by atoms with van der Waals surface area (Å²) in [5, 5.41) is 13.2. The molecule has 0 heterocycles. The van der Waals surface area contributed by atoms with Crippen molar-refractivity contribution in [3.8, 4) is 5.75 Å². The molecule has 0 radical (unpaired) electrons. The molecule has 0 aliphatic rings. The van der Waals surface area contributed by atoms with Crippen LogP contribution < -0.4 is 0 Å². The molecule has 0 aliphatic heterocycles. The van der Waals surface area contributed by atoms with Gasteiger partial charge in [-0.2, -0.15) is 0 Å². The number of hydrogen-bond donors (Lipinski definition) is 1. The van der Waals surface area contributed by atoms with Gasteiger partial charge in [0.05, 0.1) is 11.8 Å². The van der Waals surface area contributed by atoms with Crippen molar-refractivity contribution in [3.05, 3.63) is 65.2 Å². The molecule has 0 spiro atoms. The van der Waals surface area contributed by atoms with E-state index in [0.717, 1.165) is 5.56 Å². The van der Waals surface area contributed by atoms with Crippen LogP contribution in [0.3, 0.4) is 0 Å². The minimum Gasteiger partial charge on any atom is -0.507 e. The average Bonchev–Trinajstić information content (AvgIpc) is 2.43. The largest absolute Gasteiger partial charge is 0.507 e. The predicted molar refractivity (Wildman–Crippen MR) is 72.3 cm³/mol. The molecule has 0 saturated carbocycles. The molecule has 0 unspecified atom stereocenters. The molecule has 0 aromatic heterocycles. The summed E-state index contributed by atoms with van der Waals surface area (Å²) < 4.78 is 0. The molecular weight excluding hydrogens is 242 g/mol. The third kappa shape index (κ3) is 3.42. The van der Waals surface area contributed by atoms with Crippen molar-refractivity contribution < 1.29 is 14.7 Å². The van der Waals surface area contributed by atoms with Gasteiger partial charge < -0.3 is 9.94 Å². The van der Waals surface area contributed by atoms with E-state index in [2.05, 4.69) is 5.16 Å². The number of phenols is 1. The Labute approximate surface area is 111 Å². The highest BCUT2D eigenvalue weighted by molar-refractivity contribution is 5.90. The number of rotatable bonds is 3. The number of oxime groups is 1. The Morgan fingerprint density at radius 3 is 2.68 bits per heavy atom. The van der Waals surface area contributed by atoms with Crippen LogP contribution in [0.2, 0.25) is 0 Å². The Kier molecular flexibility index (Phi) is 3.93. The van der Waals surface area contributed by atoms with Gasteiger partial charge in [-0.15, -0.1) is 0 Å². The molecule has 2 rings (SSSR count). The van der Waals surface area contributed by atoms with E-state index in [9.17, 15) is 9.90 Å². The number of hydrogen-bond acceptors (Lipinski definition) is 4. The summed E-state index contributed by atoms with van der Waals surface area (Å²) in [6.45, 7) is 1.90. The van der Waals surface area contributed by atoms with E-state index in [1.807, 2.05) is 13.0 Å². The SMILES string of the molecule is Cc1ccc(O)c(/C=N/OC(=O)c2ccccc2)c1. The predicted octanol–water partition coefficient (Wildman–Crippen LogP) is 2.89. The lowest BCUT2D eigenvalue weighted by atomic mass is 10.1. The quantitative estimate of drug-likeness (QED) is 0.521. The second-order valence-electron chi connectivity index (χ2n) is 4.04. The Morgan fingerprint density at radius 1 is 1.21 bits per heavy atom. The average molecular weight is 255 g/mol. The molecule has 1 N–H and O–H groups in total. The summed E-state index contributed by atoms with van der Waals surface area (Å²) >= 11 is 0. The van der Waals surface area contributed by atoms with E-state index in [4.69, 9.17) is 4.84 Å². The highest BCUT2D eigenvalue weighted by Crippen LogP contribution is 2.16. The summed E-state index contributed by atoms with van der Waals surface area (Å²) in [4.78, 5) is 16.3. The number of aryl methyl sites for hydroxylation is 1. The van der Waals surface area contributed by atoms with Crippen LogP contribution in [-0.4, -0.2) is 17.3 Å². The maximum absolute atomic E-state index is 11.6. The molecule has 0 amide bonds. The van der Waals surface area contributed by atoms with E-state index in [0.29, 0.717) is 11.1 Å². The summed E-state index contributed by atoms with van der Waals surface area (Å²) in [6, 6.07) is 13.7. The van der Waals surface area contributed by atoms with Crippen LogP contribution in [0.1, 0.15) is 21.5 Å². The molecule has 4 nitrogen and oxygen atoms in total. The highest BCUT2D eigenvalue weighted by atomic mass is 16.7. The van der Waals surface area contributed by atoms with Crippen molar-refractivity contribution in [2.24, 2.45) is 5.16 Å². The zero-order chi connectivity index (χ0) is 13.7. The van der Waals surface area contributed by atoms with Gasteiger partial charge in [0.25, 0.3) is 0 Å². The van der Waals surface area contributed by atoms with Crippen LogP contribution in [0, 0.1) is 6.92 Å². The molecule has 0 saturated heterocycles. The molecule has 0 aliphatic carbocycles. The van der Waals surface area contributed by atoms with Crippen LogP contribution in [0.4, 0.5) is 0 Å². The number of benzene rings is 2. The standard InChI is InChI=1S/C15H13NO3/c1-11-7-8-14(17)13(9-11)10-16-19-15(18)12-5-3-2-4-6-12/h2-10,17H,1H3/b16-10+. The maximum Gasteiger partial charge on any atom is 0.365 e. The summed E-state index contributed by atoms with van der Waals surface area (Å²) in [7, 11) is 0. The van der Waals surface area contributed by atoms with Crippen molar-refractivity contribution in [3.63, 3.8) is 0 Å². The fraction of sp³-hybridized carbons (Fsp3) is 0.0667. The van der Waals surface area contributed by atoms with Gasteiger partial charge in [0, 0.05) is 5.56 Å². The Bertz CT molecular complexity index is 606. The molecule has 0 bridgehead atoms. The van der Waals surface area contributed by atoms with Crippen molar-refractivity contribution >= 4 is 12.2 Å². The molecule has 4 heteroatoms. The summed E-state index contributed by atoms with van der Waals surface area (Å²) in [5.41, 5.74) is 1.91. The van der Waals surface area contributed by atoms with Gasteiger partial charge in [0.2, 0.25) is 0 Å². The van der Waals surface area contributed by atoms with Crippen LogP contribution >= 0.6 is 0 Å². The van der Waals surface area contributed by atoms with E-state index in [1.54, 1.807) is 42.5 Å². The van der Waals surface area contributed by atoms with Gasteiger partial charge >= 0.3 is 5.97 Å². The molecular formula is C15H13NO3. The van der Waals surface area contributed by atoms with Crippen molar-refractivity contribution in [1.82, 2.24) is 0 Å². The van der Waals surface area contributed by atoms with Crippen LogP contribution in [0.15, 0.2) is 53.7 Å². The van der Waals surface area contributed by atoms with E-state index < -0.39 is 5.97 Å².